The van der Waals surface area contributed by atoms with Crippen LogP contribution in [0.1, 0.15) is 18.7 Å². The molecule has 0 radical (unpaired) electrons. The van der Waals surface area contributed by atoms with Gasteiger partial charge in [0.25, 0.3) is 0 Å². The first-order chi connectivity index (χ1) is 8.99. The number of nitrogens with zero attached hydrogens (tertiary/aromatic N) is 1. The first-order valence-corrected chi connectivity index (χ1v) is 7.80. The third kappa shape index (κ3) is 2.29. The molecular weight excluding hydrogens is 278 g/mol. The van der Waals surface area contributed by atoms with E-state index in [1.165, 1.54) is 9.58 Å². The van der Waals surface area contributed by atoms with Crippen LogP contribution in [-0.2, 0) is 6.54 Å². The molecule has 0 unspecified atom stereocenters. The van der Waals surface area contributed by atoms with Gasteiger partial charge in [-0.15, -0.1) is 11.3 Å². The standard InChI is InChI=1S/C15H18ClNOS/c1-10(2)15(18)8-17(9-15)7-13-14(16)11-5-3-4-6-12(11)19-13/h3-6,10,18H,7-9H2,1-2H3. The molecule has 0 atom stereocenters. The summed E-state index contributed by atoms with van der Waals surface area (Å²) in [5.74, 6) is 0.307. The Morgan fingerprint density at radius 3 is 2.68 bits per heavy atom. The van der Waals surface area contributed by atoms with E-state index in [0.29, 0.717) is 5.92 Å². The number of rotatable bonds is 3. The molecule has 0 amide bonds. The predicted molar refractivity (Wildman–Crippen MR) is 81.9 cm³/mol. The van der Waals surface area contributed by atoms with Crippen LogP contribution in [-0.4, -0.2) is 28.7 Å². The first kappa shape index (κ1) is 13.4. The van der Waals surface area contributed by atoms with Gasteiger partial charge >= 0.3 is 0 Å². The van der Waals surface area contributed by atoms with Gasteiger partial charge in [-0.2, -0.15) is 0 Å². The highest BCUT2D eigenvalue weighted by molar-refractivity contribution is 7.19. The van der Waals surface area contributed by atoms with E-state index in [9.17, 15) is 5.11 Å². The number of benzene rings is 1. The van der Waals surface area contributed by atoms with E-state index in [0.717, 1.165) is 30.0 Å². The summed E-state index contributed by atoms with van der Waals surface area (Å²) in [6.45, 7) is 6.48. The number of likely N-dealkylation sites (tertiary alicyclic amines) is 1. The van der Waals surface area contributed by atoms with E-state index in [-0.39, 0.29) is 0 Å². The monoisotopic (exact) mass is 295 g/mol. The van der Waals surface area contributed by atoms with Crippen LogP contribution < -0.4 is 0 Å². The van der Waals surface area contributed by atoms with Crippen molar-refractivity contribution in [3.8, 4) is 0 Å². The second-order valence-corrected chi connectivity index (χ2v) is 7.25. The molecular formula is C15H18ClNOS. The predicted octanol–water partition coefficient (Wildman–Crippen LogP) is 3.76. The van der Waals surface area contributed by atoms with Gasteiger partial charge in [0.15, 0.2) is 0 Å². The van der Waals surface area contributed by atoms with E-state index in [2.05, 4.69) is 30.9 Å². The summed E-state index contributed by atoms with van der Waals surface area (Å²) in [6, 6.07) is 8.24. The highest BCUT2D eigenvalue weighted by Gasteiger charge is 2.43. The SMILES string of the molecule is CC(C)C1(O)CN(Cc2sc3ccccc3c2Cl)C1. The van der Waals surface area contributed by atoms with E-state index in [1.54, 1.807) is 11.3 Å². The molecule has 2 aromatic rings. The minimum atomic E-state index is -0.511. The zero-order chi connectivity index (χ0) is 13.6. The summed E-state index contributed by atoms with van der Waals surface area (Å²) in [5, 5.41) is 12.3. The number of β-amino-alcohol motifs (C(OH)–C–C–N with tert-alkyl or cyclic N) is 1. The number of fused-ring (bicyclic) bond motifs is 1. The van der Waals surface area contributed by atoms with Crippen molar-refractivity contribution in [3.05, 3.63) is 34.2 Å². The van der Waals surface area contributed by atoms with Gasteiger partial charge in [0, 0.05) is 34.6 Å². The average Bonchev–Trinajstić information content (AvgIpc) is 2.65. The molecule has 0 saturated carbocycles. The first-order valence-electron chi connectivity index (χ1n) is 6.60. The Morgan fingerprint density at radius 1 is 1.37 bits per heavy atom. The van der Waals surface area contributed by atoms with Gasteiger partial charge in [-0.25, -0.2) is 0 Å². The maximum Gasteiger partial charge on any atom is 0.0923 e. The fraction of sp³-hybridized carbons (Fsp3) is 0.467. The topological polar surface area (TPSA) is 23.5 Å². The maximum absolute atomic E-state index is 10.3. The van der Waals surface area contributed by atoms with Gasteiger partial charge < -0.3 is 5.11 Å². The molecule has 1 N–H and O–H groups in total. The zero-order valence-electron chi connectivity index (χ0n) is 11.2. The van der Waals surface area contributed by atoms with Crippen LogP contribution in [0.25, 0.3) is 10.1 Å². The fourth-order valence-electron chi connectivity index (χ4n) is 2.57. The van der Waals surface area contributed by atoms with Crippen molar-refractivity contribution in [2.75, 3.05) is 13.1 Å². The Bertz CT molecular complexity index is 601. The van der Waals surface area contributed by atoms with Gasteiger partial charge in [-0.3, -0.25) is 4.90 Å². The molecule has 2 heterocycles. The van der Waals surface area contributed by atoms with Crippen LogP contribution in [0.3, 0.4) is 0 Å². The van der Waals surface area contributed by atoms with Crippen LogP contribution in [0, 0.1) is 5.92 Å². The second kappa shape index (κ2) is 4.74. The normalized spacial score (nSPS) is 19.0. The second-order valence-electron chi connectivity index (χ2n) is 5.74. The molecule has 0 bridgehead atoms. The molecule has 2 nitrogen and oxygen atoms in total. The van der Waals surface area contributed by atoms with Gasteiger partial charge in [0.05, 0.1) is 10.6 Å². The lowest BCUT2D eigenvalue weighted by Crippen LogP contribution is -2.63. The Balaban J connectivity index is 1.75. The van der Waals surface area contributed by atoms with Crippen LogP contribution in [0.4, 0.5) is 0 Å². The summed E-state index contributed by atoms with van der Waals surface area (Å²) in [5.41, 5.74) is -0.511. The van der Waals surface area contributed by atoms with Crippen LogP contribution in [0.15, 0.2) is 24.3 Å². The molecule has 0 aliphatic carbocycles. The number of thiophene rings is 1. The van der Waals surface area contributed by atoms with Gasteiger partial charge in [0.1, 0.15) is 0 Å². The molecule has 1 saturated heterocycles. The van der Waals surface area contributed by atoms with Crippen molar-refractivity contribution in [2.45, 2.75) is 26.0 Å². The Morgan fingerprint density at radius 2 is 2.05 bits per heavy atom. The molecule has 1 aliphatic rings. The molecule has 1 fully saturated rings. The highest BCUT2D eigenvalue weighted by Crippen LogP contribution is 2.38. The molecule has 1 aliphatic heterocycles. The highest BCUT2D eigenvalue weighted by atomic mass is 35.5. The Labute approximate surface area is 122 Å². The number of aliphatic hydroxyl groups is 1. The molecule has 1 aromatic carbocycles. The van der Waals surface area contributed by atoms with Crippen molar-refractivity contribution in [1.82, 2.24) is 4.90 Å². The van der Waals surface area contributed by atoms with Gasteiger partial charge in [0.2, 0.25) is 0 Å². The molecule has 1 aromatic heterocycles. The molecule has 3 rings (SSSR count). The number of hydrogen-bond donors (Lipinski definition) is 1. The molecule has 19 heavy (non-hydrogen) atoms. The lowest BCUT2D eigenvalue weighted by atomic mass is 9.83. The number of hydrogen-bond acceptors (Lipinski definition) is 3. The van der Waals surface area contributed by atoms with Crippen LogP contribution in [0.2, 0.25) is 5.02 Å². The lowest BCUT2D eigenvalue weighted by Gasteiger charge is -2.49. The number of halogens is 1. The van der Waals surface area contributed by atoms with Gasteiger partial charge in [-0.05, 0) is 12.0 Å². The third-order valence-corrected chi connectivity index (χ3v) is 5.74. The van der Waals surface area contributed by atoms with E-state index >= 15 is 0 Å². The van der Waals surface area contributed by atoms with E-state index in [1.807, 2.05) is 12.1 Å². The summed E-state index contributed by atoms with van der Waals surface area (Å²) >= 11 is 8.19. The minimum absolute atomic E-state index is 0.307. The summed E-state index contributed by atoms with van der Waals surface area (Å²) in [6.07, 6.45) is 0. The van der Waals surface area contributed by atoms with Crippen molar-refractivity contribution >= 4 is 33.0 Å². The molecule has 102 valence electrons. The summed E-state index contributed by atoms with van der Waals surface area (Å²) in [4.78, 5) is 3.46. The maximum atomic E-state index is 10.3. The quantitative estimate of drug-likeness (QED) is 0.932. The van der Waals surface area contributed by atoms with E-state index in [4.69, 9.17) is 11.6 Å². The summed E-state index contributed by atoms with van der Waals surface area (Å²) in [7, 11) is 0. The molecule has 0 spiro atoms. The third-order valence-electron chi connectivity index (χ3n) is 4.04. The van der Waals surface area contributed by atoms with Crippen molar-refractivity contribution in [2.24, 2.45) is 5.92 Å². The van der Waals surface area contributed by atoms with Gasteiger partial charge in [-0.1, -0.05) is 43.6 Å². The van der Waals surface area contributed by atoms with Crippen molar-refractivity contribution in [1.29, 1.82) is 0 Å². The Kier molecular flexibility index (Phi) is 3.34. The summed E-state index contributed by atoms with van der Waals surface area (Å²) < 4.78 is 1.24. The average molecular weight is 296 g/mol. The molecule has 4 heteroatoms. The zero-order valence-corrected chi connectivity index (χ0v) is 12.8. The van der Waals surface area contributed by atoms with Crippen LogP contribution >= 0.6 is 22.9 Å². The minimum Gasteiger partial charge on any atom is -0.387 e. The smallest absolute Gasteiger partial charge is 0.0923 e. The Hall–Kier alpha value is -0.610. The lowest BCUT2D eigenvalue weighted by molar-refractivity contribution is -0.130. The van der Waals surface area contributed by atoms with Crippen molar-refractivity contribution in [3.63, 3.8) is 0 Å². The fourth-order valence-corrected chi connectivity index (χ4v) is 4.11. The van der Waals surface area contributed by atoms with Crippen LogP contribution in [0.5, 0.6) is 0 Å². The van der Waals surface area contributed by atoms with Crippen molar-refractivity contribution < 1.29 is 5.11 Å². The van der Waals surface area contributed by atoms with E-state index < -0.39 is 5.60 Å². The largest absolute Gasteiger partial charge is 0.387 e.